The van der Waals surface area contributed by atoms with Crippen molar-refractivity contribution in [3.8, 4) is 11.5 Å². The van der Waals surface area contributed by atoms with Crippen LogP contribution in [0.2, 0.25) is 5.02 Å². The van der Waals surface area contributed by atoms with Crippen LogP contribution in [0, 0.1) is 10.1 Å². The topological polar surface area (TPSA) is 103 Å². The van der Waals surface area contributed by atoms with Gasteiger partial charge < -0.3 is 20.1 Å². The van der Waals surface area contributed by atoms with Gasteiger partial charge in [0.25, 0.3) is 5.69 Å². The van der Waals surface area contributed by atoms with E-state index in [4.69, 9.17) is 21.1 Å². The zero-order chi connectivity index (χ0) is 18.2. The SMILES string of the molecule is CCOc1ccccc1OCNC(=O)Nc1cc([N+](=O)[O-])ccc1Cl. The molecule has 2 N–H and O–H groups in total. The van der Waals surface area contributed by atoms with Crippen molar-refractivity contribution in [3.63, 3.8) is 0 Å². The first-order chi connectivity index (χ1) is 12.0. The highest BCUT2D eigenvalue weighted by atomic mass is 35.5. The summed E-state index contributed by atoms with van der Waals surface area (Å²) in [5.74, 6) is 1.05. The summed E-state index contributed by atoms with van der Waals surface area (Å²) in [6, 6.07) is 10.2. The maximum atomic E-state index is 11.9. The number of urea groups is 1. The number of carbonyl (C=O) groups is 1. The van der Waals surface area contributed by atoms with Gasteiger partial charge in [0.1, 0.15) is 0 Å². The molecule has 0 heterocycles. The first kappa shape index (κ1) is 18.3. The van der Waals surface area contributed by atoms with Crippen molar-refractivity contribution >= 4 is 29.0 Å². The average molecular weight is 366 g/mol. The predicted octanol–water partition coefficient (Wildman–Crippen LogP) is 3.80. The molecule has 132 valence electrons. The summed E-state index contributed by atoms with van der Waals surface area (Å²) in [5, 5.41) is 15.9. The third kappa shape index (κ3) is 5.25. The number of anilines is 1. The zero-order valence-corrected chi connectivity index (χ0v) is 14.1. The van der Waals surface area contributed by atoms with Crippen LogP contribution in [0.5, 0.6) is 11.5 Å². The number of hydrogen-bond donors (Lipinski definition) is 2. The third-order valence-corrected chi connectivity index (χ3v) is 3.35. The molecule has 0 aliphatic carbocycles. The normalized spacial score (nSPS) is 10.0. The minimum absolute atomic E-state index is 0.123. The van der Waals surface area contributed by atoms with Gasteiger partial charge in [-0.2, -0.15) is 0 Å². The summed E-state index contributed by atoms with van der Waals surface area (Å²) in [5.41, 5.74) is -0.0512. The van der Waals surface area contributed by atoms with Gasteiger partial charge in [0, 0.05) is 12.1 Å². The van der Waals surface area contributed by atoms with E-state index in [1.165, 1.54) is 18.2 Å². The van der Waals surface area contributed by atoms with Crippen LogP contribution in [0.25, 0.3) is 0 Å². The molecular weight excluding hydrogens is 350 g/mol. The Morgan fingerprint density at radius 1 is 1.20 bits per heavy atom. The molecule has 0 spiro atoms. The Hall–Kier alpha value is -3.00. The van der Waals surface area contributed by atoms with Crippen LogP contribution in [0.1, 0.15) is 6.92 Å². The average Bonchev–Trinajstić information content (AvgIpc) is 2.58. The second-order valence-electron chi connectivity index (χ2n) is 4.72. The van der Waals surface area contributed by atoms with E-state index in [-0.39, 0.29) is 23.1 Å². The van der Waals surface area contributed by atoms with Crippen LogP contribution in [-0.4, -0.2) is 24.3 Å². The molecule has 2 aromatic carbocycles. The van der Waals surface area contributed by atoms with Crippen LogP contribution >= 0.6 is 11.6 Å². The van der Waals surface area contributed by atoms with E-state index >= 15 is 0 Å². The number of hydrogen-bond acceptors (Lipinski definition) is 5. The largest absolute Gasteiger partial charge is 0.490 e. The van der Waals surface area contributed by atoms with Crippen molar-refractivity contribution in [2.75, 3.05) is 18.7 Å². The van der Waals surface area contributed by atoms with Gasteiger partial charge in [0.15, 0.2) is 18.2 Å². The highest BCUT2D eigenvalue weighted by Gasteiger charge is 2.12. The number of nitrogens with zero attached hydrogens (tertiary/aromatic N) is 1. The number of nitro groups is 1. The molecule has 2 rings (SSSR count). The molecule has 0 atom stereocenters. The quantitative estimate of drug-likeness (QED) is 0.441. The van der Waals surface area contributed by atoms with Crippen LogP contribution in [-0.2, 0) is 0 Å². The number of nitro benzene ring substituents is 1. The molecule has 9 heteroatoms. The van der Waals surface area contributed by atoms with Crippen molar-refractivity contribution in [2.45, 2.75) is 6.92 Å². The number of para-hydroxylation sites is 2. The van der Waals surface area contributed by atoms with Gasteiger partial charge in [0.2, 0.25) is 0 Å². The molecule has 8 nitrogen and oxygen atoms in total. The van der Waals surface area contributed by atoms with Crippen LogP contribution in [0.4, 0.5) is 16.2 Å². The first-order valence-corrected chi connectivity index (χ1v) is 7.72. The van der Waals surface area contributed by atoms with Crippen LogP contribution in [0.3, 0.4) is 0 Å². The fourth-order valence-corrected chi connectivity index (χ4v) is 2.08. The Morgan fingerprint density at radius 2 is 1.88 bits per heavy atom. The van der Waals surface area contributed by atoms with Crippen molar-refractivity contribution in [3.05, 3.63) is 57.6 Å². The number of benzene rings is 2. The van der Waals surface area contributed by atoms with Crippen LogP contribution in [0.15, 0.2) is 42.5 Å². The van der Waals surface area contributed by atoms with E-state index in [1.54, 1.807) is 18.2 Å². The Balaban J connectivity index is 1.91. The summed E-state index contributed by atoms with van der Waals surface area (Å²) in [6.07, 6.45) is 0. The molecule has 2 amide bonds. The Labute approximate surface area is 148 Å². The molecule has 0 aliphatic heterocycles. The number of nitrogens with one attached hydrogen (secondary N) is 2. The van der Waals surface area contributed by atoms with Crippen molar-refractivity contribution < 1.29 is 19.2 Å². The number of halogens is 1. The molecule has 0 fully saturated rings. The fourth-order valence-electron chi connectivity index (χ4n) is 1.91. The maximum Gasteiger partial charge on any atom is 0.321 e. The lowest BCUT2D eigenvalue weighted by molar-refractivity contribution is -0.384. The molecule has 0 aromatic heterocycles. The van der Waals surface area contributed by atoms with E-state index in [9.17, 15) is 14.9 Å². The standard InChI is InChI=1S/C16H16ClN3O5/c1-2-24-14-5-3-4-6-15(14)25-10-18-16(21)19-13-9-11(20(22)23)7-8-12(13)17/h3-9H,2,10H2,1H3,(H2,18,19,21). The number of non-ortho nitro benzene ring substituents is 1. The van der Waals surface area contributed by atoms with Gasteiger partial charge in [-0.25, -0.2) is 4.79 Å². The highest BCUT2D eigenvalue weighted by Crippen LogP contribution is 2.27. The van der Waals surface area contributed by atoms with E-state index in [0.29, 0.717) is 18.1 Å². The number of rotatable bonds is 7. The maximum absolute atomic E-state index is 11.9. The van der Waals surface area contributed by atoms with E-state index < -0.39 is 11.0 Å². The van der Waals surface area contributed by atoms with Gasteiger partial charge in [-0.3, -0.25) is 10.1 Å². The molecular formula is C16H16ClN3O5. The van der Waals surface area contributed by atoms with Crippen molar-refractivity contribution in [1.82, 2.24) is 5.32 Å². The van der Waals surface area contributed by atoms with Gasteiger partial charge in [-0.05, 0) is 25.1 Å². The van der Waals surface area contributed by atoms with Gasteiger partial charge in [-0.15, -0.1) is 0 Å². The van der Waals surface area contributed by atoms with Gasteiger partial charge >= 0.3 is 6.03 Å². The minimum atomic E-state index is -0.615. The lowest BCUT2D eigenvalue weighted by Crippen LogP contribution is -2.32. The Bertz CT molecular complexity index is 769. The zero-order valence-electron chi connectivity index (χ0n) is 13.3. The first-order valence-electron chi connectivity index (χ1n) is 7.34. The van der Waals surface area contributed by atoms with Crippen molar-refractivity contribution in [2.24, 2.45) is 0 Å². The minimum Gasteiger partial charge on any atom is -0.490 e. The predicted molar refractivity (Wildman–Crippen MR) is 93.4 cm³/mol. The lowest BCUT2D eigenvalue weighted by atomic mass is 10.3. The number of ether oxygens (including phenoxy) is 2. The smallest absolute Gasteiger partial charge is 0.321 e. The summed E-state index contributed by atoms with van der Waals surface area (Å²) >= 11 is 5.92. The summed E-state index contributed by atoms with van der Waals surface area (Å²) in [4.78, 5) is 22.1. The molecule has 0 unspecified atom stereocenters. The molecule has 25 heavy (non-hydrogen) atoms. The highest BCUT2D eigenvalue weighted by molar-refractivity contribution is 6.33. The number of amides is 2. The second kappa shape index (κ2) is 8.74. The van der Waals surface area contributed by atoms with Crippen molar-refractivity contribution in [1.29, 1.82) is 0 Å². The Kier molecular flexibility index (Phi) is 6.41. The summed E-state index contributed by atoms with van der Waals surface area (Å²) < 4.78 is 10.9. The molecule has 0 radical (unpaired) electrons. The molecule has 0 bridgehead atoms. The molecule has 0 saturated carbocycles. The molecule has 0 saturated heterocycles. The van der Waals surface area contributed by atoms with E-state index in [1.807, 2.05) is 13.0 Å². The second-order valence-corrected chi connectivity index (χ2v) is 5.13. The lowest BCUT2D eigenvalue weighted by Gasteiger charge is -2.13. The van der Waals surface area contributed by atoms with E-state index in [2.05, 4.69) is 10.6 Å². The van der Waals surface area contributed by atoms with E-state index in [0.717, 1.165) is 0 Å². The monoisotopic (exact) mass is 365 g/mol. The summed E-state index contributed by atoms with van der Waals surface area (Å²) in [7, 11) is 0. The van der Waals surface area contributed by atoms with Gasteiger partial charge in [0.05, 0.1) is 22.2 Å². The number of carbonyl (C=O) groups excluding carboxylic acids is 1. The molecule has 0 aliphatic rings. The summed E-state index contributed by atoms with van der Waals surface area (Å²) in [6.45, 7) is 2.22. The third-order valence-electron chi connectivity index (χ3n) is 3.02. The van der Waals surface area contributed by atoms with Crippen LogP contribution < -0.4 is 20.1 Å². The van der Waals surface area contributed by atoms with Gasteiger partial charge in [-0.1, -0.05) is 23.7 Å². The fraction of sp³-hybridized carbons (Fsp3) is 0.188. The molecule has 2 aromatic rings. The Morgan fingerprint density at radius 3 is 2.52 bits per heavy atom.